The number of amides is 1. The first kappa shape index (κ1) is 21.5. The van der Waals surface area contributed by atoms with E-state index in [4.69, 9.17) is 4.74 Å². The van der Waals surface area contributed by atoms with Gasteiger partial charge in [-0.05, 0) is 43.9 Å². The Morgan fingerprint density at radius 1 is 1.14 bits per heavy atom. The van der Waals surface area contributed by atoms with Crippen LogP contribution in [-0.4, -0.2) is 55.0 Å². The van der Waals surface area contributed by atoms with Crippen molar-refractivity contribution >= 4 is 23.2 Å². The molecule has 0 saturated carbocycles. The van der Waals surface area contributed by atoms with E-state index < -0.39 is 0 Å². The number of rotatable bonds is 8. The minimum atomic E-state index is -0.158. The number of carbonyl (C=O) groups excluding carboxylic acids is 2. The highest BCUT2D eigenvalue weighted by atomic mass is 32.1. The van der Waals surface area contributed by atoms with Gasteiger partial charge in [-0.25, -0.2) is 0 Å². The van der Waals surface area contributed by atoms with Gasteiger partial charge in [-0.3, -0.25) is 14.5 Å². The van der Waals surface area contributed by atoms with Crippen molar-refractivity contribution in [3.05, 3.63) is 57.8 Å². The van der Waals surface area contributed by atoms with Crippen molar-refractivity contribution in [1.82, 2.24) is 9.80 Å². The monoisotopic (exact) mass is 414 g/mol. The van der Waals surface area contributed by atoms with Crippen LogP contribution in [0.5, 0.6) is 0 Å². The van der Waals surface area contributed by atoms with Crippen molar-refractivity contribution < 1.29 is 14.3 Å². The minimum Gasteiger partial charge on any atom is -0.469 e. The zero-order chi connectivity index (χ0) is 20.6. The third-order valence-electron chi connectivity index (χ3n) is 5.48. The number of aryl methyl sites for hydroxylation is 1. The Morgan fingerprint density at radius 3 is 2.48 bits per heavy atom. The molecule has 2 aromatic rings. The molecule has 6 heteroatoms. The summed E-state index contributed by atoms with van der Waals surface area (Å²) in [6, 6.07) is 14.7. The van der Waals surface area contributed by atoms with Gasteiger partial charge in [0.15, 0.2) is 0 Å². The highest BCUT2D eigenvalue weighted by Crippen LogP contribution is 2.20. The van der Waals surface area contributed by atoms with Crippen LogP contribution < -0.4 is 0 Å². The second-order valence-electron chi connectivity index (χ2n) is 7.64. The Labute approximate surface area is 177 Å². The second-order valence-corrected chi connectivity index (χ2v) is 9.01. The maximum absolute atomic E-state index is 12.9. The molecule has 1 amide bonds. The summed E-state index contributed by atoms with van der Waals surface area (Å²) < 4.78 is 4.84. The zero-order valence-corrected chi connectivity index (χ0v) is 18.1. The number of likely N-dealkylation sites (tertiary alicyclic amines) is 1. The lowest BCUT2D eigenvalue weighted by atomic mass is 9.97. The number of ether oxygens (including phenoxy) is 1. The molecule has 2 heterocycles. The molecular weight excluding hydrogens is 384 g/mol. The summed E-state index contributed by atoms with van der Waals surface area (Å²) in [5.74, 6) is -0.0864. The van der Waals surface area contributed by atoms with Crippen molar-refractivity contribution in [3.8, 4) is 0 Å². The standard InChI is InChI=1S/C23H30N2O3S/c1-18-8-9-21(29-18)16-24(13-10-19-6-4-3-5-7-19)17-22(26)25-14-11-20(12-15-25)23(27)28-2/h3-9,20H,10-17H2,1-2H3. The van der Waals surface area contributed by atoms with Crippen molar-refractivity contribution in [2.75, 3.05) is 33.3 Å². The molecule has 1 fully saturated rings. The van der Waals surface area contributed by atoms with E-state index in [0.717, 1.165) is 19.5 Å². The van der Waals surface area contributed by atoms with E-state index in [1.807, 2.05) is 11.0 Å². The first-order valence-electron chi connectivity index (χ1n) is 10.2. The van der Waals surface area contributed by atoms with Crippen LogP contribution in [0, 0.1) is 12.8 Å². The van der Waals surface area contributed by atoms with Crippen molar-refractivity contribution in [1.29, 1.82) is 0 Å². The van der Waals surface area contributed by atoms with Crippen LogP contribution in [0.25, 0.3) is 0 Å². The van der Waals surface area contributed by atoms with Crippen LogP contribution in [0.1, 0.15) is 28.2 Å². The maximum Gasteiger partial charge on any atom is 0.308 e. The average molecular weight is 415 g/mol. The molecule has 1 saturated heterocycles. The summed E-state index contributed by atoms with van der Waals surface area (Å²) in [5, 5.41) is 0. The van der Waals surface area contributed by atoms with E-state index >= 15 is 0 Å². The van der Waals surface area contributed by atoms with Gasteiger partial charge in [0.05, 0.1) is 19.6 Å². The van der Waals surface area contributed by atoms with Gasteiger partial charge in [0.25, 0.3) is 0 Å². The third-order valence-corrected chi connectivity index (χ3v) is 6.46. The largest absolute Gasteiger partial charge is 0.469 e. The number of benzene rings is 1. The fourth-order valence-electron chi connectivity index (χ4n) is 3.76. The van der Waals surface area contributed by atoms with Crippen LogP contribution in [0.3, 0.4) is 0 Å². The molecule has 0 atom stereocenters. The summed E-state index contributed by atoms with van der Waals surface area (Å²) in [6.45, 7) is 5.40. The number of nitrogens with zero attached hydrogens (tertiary/aromatic N) is 2. The first-order chi connectivity index (χ1) is 14.0. The van der Waals surface area contributed by atoms with Gasteiger partial charge in [0.2, 0.25) is 5.91 Å². The van der Waals surface area contributed by atoms with Gasteiger partial charge < -0.3 is 9.64 Å². The molecule has 1 aliphatic heterocycles. The van der Waals surface area contributed by atoms with Crippen LogP contribution in [0.2, 0.25) is 0 Å². The van der Waals surface area contributed by atoms with Crippen LogP contribution >= 0.6 is 11.3 Å². The molecule has 156 valence electrons. The van der Waals surface area contributed by atoms with Crippen molar-refractivity contribution in [2.45, 2.75) is 32.7 Å². The molecule has 0 aliphatic carbocycles. The second kappa shape index (κ2) is 10.6. The molecular formula is C23H30N2O3S. The number of methoxy groups -OCH3 is 1. The number of thiophene rings is 1. The van der Waals surface area contributed by atoms with E-state index in [9.17, 15) is 9.59 Å². The third kappa shape index (κ3) is 6.41. The van der Waals surface area contributed by atoms with Crippen molar-refractivity contribution in [2.24, 2.45) is 5.92 Å². The maximum atomic E-state index is 12.9. The number of hydrogen-bond acceptors (Lipinski definition) is 5. The predicted octanol–water partition coefficient (Wildman–Crippen LogP) is 3.51. The number of piperidine rings is 1. The van der Waals surface area contributed by atoms with Crippen LogP contribution in [0.15, 0.2) is 42.5 Å². The van der Waals surface area contributed by atoms with E-state index in [-0.39, 0.29) is 17.8 Å². The Hall–Kier alpha value is -2.18. The Morgan fingerprint density at radius 2 is 1.86 bits per heavy atom. The fourth-order valence-corrected chi connectivity index (χ4v) is 4.69. The molecule has 1 aromatic carbocycles. The molecule has 0 N–H and O–H groups in total. The lowest BCUT2D eigenvalue weighted by Gasteiger charge is -2.32. The highest BCUT2D eigenvalue weighted by Gasteiger charge is 2.28. The number of esters is 1. The topological polar surface area (TPSA) is 49.9 Å². The molecule has 3 rings (SSSR count). The molecule has 0 spiro atoms. The molecule has 0 bridgehead atoms. The number of carbonyl (C=O) groups is 2. The van der Waals surface area contributed by atoms with Gasteiger partial charge in [-0.2, -0.15) is 0 Å². The van der Waals surface area contributed by atoms with Gasteiger partial charge in [0.1, 0.15) is 0 Å². The molecule has 1 aromatic heterocycles. The SMILES string of the molecule is COC(=O)C1CCN(C(=O)CN(CCc2ccccc2)Cc2ccc(C)s2)CC1. The smallest absolute Gasteiger partial charge is 0.308 e. The fraction of sp³-hybridized carbons (Fsp3) is 0.478. The number of hydrogen-bond donors (Lipinski definition) is 0. The normalized spacial score (nSPS) is 14.9. The summed E-state index contributed by atoms with van der Waals surface area (Å²) in [7, 11) is 1.43. The summed E-state index contributed by atoms with van der Waals surface area (Å²) >= 11 is 1.79. The Bertz CT molecular complexity index is 797. The zero-order valence-electron chi connectivity index (χ0n) is 17.3. The predicted molar refractivity (Wildman–Crippen MR) is 116 cm³/mol. The quantitative estimate of drug-likeness (QED) is 0.620. The minimum absolute atomic E-state index is 0.0765. The molecule has 1 aliphatic rings. The lowest BCUT2D eigenvalue weighted by Crippen LogP contribution is -2.45. The Balaban J connectivity index is 1.58. The average Bonchev–Trinajstić information content (AvgIpc) is 3.16. The van der Waals surface area contributed by atoms with Crippen molar-refractivity contribution in [3.63, 3.8) is 0 Å². The lowest BCUT2D eigenvalue weighted by molar-refractivity contribution is -0.149. The molecule has 29 heavy (non-hydrogen) atoms. The van der Waals surface area contributed by atoms with E-state index in [1.165, 1.54) is 22.4 Å². The summed E-state index contributed by atoms with van der Waals surface area (Å²) in [5.41, 5.74) is 1.28. The molecule has 0 radical (unpaired) electrons. The molecule has 0 unspecified atom stereocenters. The van der Waals surface area contributed by atoms with Gasteiger partial charge in [0, 0.05) is 35.9 Å². The van der Waals surface area contributed by atoms with E-state index in [0.29, 0.717) is 32.5 Å². The first-order valence-corrected chi connectivity index (χ1v) is 11.0. The highest BCUT2D eigenvalue weighted by molar-refractivity contribution is 7.11. The summed E-state index contributed by atoms with van der Waals surface area (Å²) in [4.78, 5) is 31.4. The molecule has 5 nitrogen and oxygen atoms in total. The van der Waals surface area contributed by atoms with Gasteiger partial charge >= 0.3 is 5.97 Å². The van der Waals surface area contributed by atoms with Crippen LogP contribution in [-0.2, 0) is 27.3 Å². The summed E-state index contributed by atoms with van der Waals surface area (Å²) in [6.07, 6.45) is 2.29. The van der Waals surface area contributed by atoms with Crippen LogP contribution in [0.4, 0.5) is 0 Å². The Kier molecular flexibility index (Phi) is 7.83. The van der Waals surface area contributed by atoms with Gasteiger partial charge in [-0.15, -0.1) is 11.3 Å². The van der Waals surface area contributed by atoms with E-state index in [2.05, 4.69) is 48.2 Å². The van der Waals surface area contributed by atoms with E-state index in [1.54, 1.807) is 11.3 Å². The van der Waals surface area contributed by atoms with Gasteiger partial charge in [-0.1, -0.05) is 30.3 Å².